The first kappa shape index (κ1) is 35.0. The molecule has 2 aromatic rings. The van der Waals surface area contributed by atoms with E-state index >= 15 is 0 Å². The molecule has 2 aromatic carbocycles. The van der Waals surface area contributed by atoms with Crippen molar-refractivity contribution in [1.29, 1.82) is 0 Å². The van der Waals surface area contributed by atoms with Gasteiger partial charge in [0, 0.05) is 41.5 Å². The highest BCUT2D eigenvalue weighted by Gasteiger charge is 2.44. The van der Waals surface area contributed by atoms with Gasteiger partial charge in [-0.05, 0) is 106 Å². The normalized spacial score (nSPS) is 21.4. The molecule has 252 valence electrons. The molecule has 0 fully saturated rings. The van der Waals surface area contributed by atoms with Crippen molar-refractivity contribution in [2.75, 3.05) is 33.3 Å². The van der Waals surface area contributed by atoms with Crippen molar-refractivity contribution in [3.63, 3.8) is 0 Å². The Hall–Kier alpha value is -3.32. The molecule has 2 unspecified atom stereocenters. The molecular formula is C40H52ClN2O4+. The minimum atomic E-state index is -0.246. The number of ether oxygens (including phenoxy) is 4. The van der Waals surface area contributed by atoms with Gasteiger partial charge in [0.25, 0.3) is 6.23 Å². The maximum atomic E-state index is 7.13. The van der Waals surface area contributed by atoms with Gasteiger partial charge in [-0.2, -0.15) is 4.58 Å². The monoisotopic (exact) mass is 659 g/mol. The first-order valence-corrected chi connectivity index (χ1v) is 17.0. The molecular weight excluding hydrogens is 608 g/mol. The second-order valence-corrected chi connectivity index (χ2v) is 14.4. The second kappa shape index (κ2) is 13.7. The number of nitrogens with zero attached hydrogens (tertiary/aromatic N) is 2. The number of aryl methyl sites for hydroxylation is 2. The third kappa shape index (κ3) is 6.45. The summed E-state index contributed by atoms with van der Waals surface area (Å²) in [6.45, 7) is 15.4. The largest absolute Gasteiger partial charge is 0.497 e. The number of hydrogen-bond acceptors (Lipinski definition) is 5. The number of fused-ring (bicyclic) bond motifs is 2. The number of hydrogen-bond donors (Lipinski definition) is 0. The lowest BCUT2D eigenvalue weighted by Gasteiger charge is -2.31. The molecule has 0 amide bonds. The molecule has 0 spiro atoms. The zero-order valence-electron chi connectivity index (χ0n) is 30.1. The Morgan fingerprint density at radius 1 is 0.894 bits per heavy atom. The van der Waals surface area contributed by atoms with Gasteiger partial charge in [0.2, 0.25) is 5.69 Å². The van der Waals surface area contributed by atoms with E-state index in [1.54, 1.807) is 28.4 Å². The Kier molecular flexibility index (Phi) is 10.2. The summed E-state index contributed by atoms with van der Waals surface area (Å²) in [5.74, 6) is 1.75. The van der Waals surface area contributed by atoms with Crippen molar-refractivity contribution >= 4 is 29.2 Å². The molecule has 6 nitrogen and oxygen atoms in total. The lowest BCUT2D eigenvalue weighted by atomic mass is 9.82. The van der Waals surface area contributed by atoms with Crippen LogP contribution in [0.25, 0.3) is 0 Å². The van der Waals surface area contributed by atoms with Crippen LogP contribution in [0.2, 0.25) is 0 Å². The number of allylic oxidation sites excluding steroid dienone is 7. The third-order valence-corrected chi connectivity index (χ3v) is 10.6. The van der Waals surface area contributed by atoms with Gasteiger partial charge in [-0.25, -0.2) is 0 Å². The highest BCUT2D eigenvalue weighted by atomic mass is 35.5. The molecule has 2 atom stereocenters. The summed E-state index contributed by atoms with van der Waals surface area (Å²) in [6.07, 6.45) is 14.6. The van der Waals surface area contributed by atoms with Gasteiger partial charge in [0.1, 0.15) is 17.7 Å². The summed E-state index contributed by atoms with van der Waals surface area (Å²) in [5.41, 5.74) is 10.4. The van der Waals surface area contributed by atoms with Gasteiger partial charge in [0.15, 0.2) is 6.21 Å². The van der Waals surface area contributed by atoms with Crippen molar-refractivity contribution in [2.45, 2.75) is 97.4 Å². The minimum absolute atomic E-state index is 0.130. The third-order valence-electron chi connectivity index (χ3n) is 10.1. The maximum Gasteiger partial charge on any atom is 0.265 e. The summed E-state index contributed by atoms with van der Waals surface area (Å²) >= 11 is 7.13. The lowest BCUT2D eigenvalue weighted by molar-refractivity contribution is -0.534. The summed E-state index contributed by atoms with van der Waals surface area (Å²) in [6, 6.07) is 8.50. The molecule has 0 saturated heterocycles. The van der Waals surface area contributed by atoms with E-state index in [9.17, 15) is 0 Å². The van der Waals surface area contributed by atoms with E-state index in [0.29, 0.717) is 0 Å². The van der Waals surface area contributed by atoms with Crippen LogP contribution in [0, 0.1) is 13.8 Å². The lowest BCUT2D eigenvalue weighted by Crippen LogP contribution is -2.35. The van der Waals surface area contributed by atoms with Crippen LogP contribution in [0.1, 0.15) is 82.6 Å². The number of methoxy groups -OCH3 is 4. The van der Waals surface area contributed by atoms with Gasteiger partial charge < -0.3 is 23.8 Å². The van der Waals surface area contributed by atoms with Crippen LogP contribution >= 0.6 is 11.6 Å². The molecule has 2 heterocycles. The number of halogens is 1. The van der Waals surface area contributed by atoms with E-state index < -0.39 is 0 Å². The molecule has 0 radical (unpaired) electrons. The molecule has 2 aliphatic heterocycles. The van der Waals surface area contributed by atoms with E-state index in [2.05, 4.69) is 113 Å². The van der Waals surface area contributed by atoms with Crippen molar-refractivity contribution in [3.05, 3.63) is 92.7 Å². The number of benzene rings is 2. The molecule has 0 bridgehead atoms. The zero-order chi connectivity index (χ0) is 34.3. The van der Waals surface area contributed by atoms with Gasteiger partial charge in [-0.1, -0.05) is 43.7 Å². The van der Waals surface area contributed by atoms with Crippen LogP contribution in [-0.4, -0.2) is 51.7 Å². The van der Waals surface area contributed by atoms with E-state index in [-0.39, 0.29) is 23.3 Å². The van der Waals surface area contributed by atoms with E-state index in [4.69, 9.17) is 30.5 Å². The maximum absolute atomic E-state index is 7.13. The molecule has 47 heavy (non-hydrogen) atoms. The first-order valence-electron chi connectivity index (χ1n) is 16.6. The average molecular weight is 660 g/mol. The average Bonchev–Trinajstić information content (AvgIpc) is 3.44. The standard InChI is InChI=1S/C40H52ClN2O4/c1-25-20-30(45-9)22-32-37(25)42(24-39(32,4)5)35(47-11)17-13-16-28-14-12-15-29(36(28)41)18-19-34-40(6,7)33-23-31(46-10)21-26(2)38(33)43(34)27(3)44-8/h13,16,18-24,27,35H,12,14-15,17H2,1-11H3/q+1. The van der Waals surface area contributed by atoms with Crippen LogP contribution < -0.4 is 14.4 Å². The molecule has 1 aliphatic carbocycles. The first-order chi connectivity index (χ1) is 22.3. The topological polar surface area (TPSA) is 43.2 Å². The summed E-state index contributed by atoms with van der Waals surface area (Å²) < 4.78 is 25.4. The Bertz CT molecular complexity index is 1690. The van der Waals surface area contributed by atoms with Gasteiger partial charge in [0.05, 0.1) is 31.7 Å². The molecule has 3 aliphatic rings. The SMILES string of the molecule is COc1cc(C)c2c(c1)C(C)(C)C=[N+]2C(CC=CC1=C(Cl)C(=CC=C2N(C(C)OC)c3c(C)cc(OC)cc3C2(C)C)CCC1)OC. The van der Waals surface area contributed by atoms with Gasteiger partial charge >= 0.3 is 0 Å². The van der Waals surface area contributed by atoms with Gasteiger partial charge in [-0.15, -0.1) is 0 Å². The molecule has 5 rings (SSSR count). The van der Waals surface area contributed by atoms with E-state index in [0.717, 1.165) is 47.8 Å². The fraction of sp³-hybridized carbons (Fsp3) is 0.475. The van der Waals surface area contributed by atoms with E-state index in [1.165, 1.54) is 44.9 Å². The fourth-order valence-electron chi connectivity index (χ4n) is 7.44. The summed E-state index contributed by atoms with van der Waals surface area (Å²) in [5, 5.41) is 0.845. The summed E-state index contributed by atoms with van der Waals surface area (Å²) in [4.78, 5) is 2.32. The Morgan fingerprint density at radius 3 is 2.19 bits per heavy atom. The quantitative estimate of drug-likeness (QED) is 0.238. The summed E-state index contributed by atoms with van der Waals surface area (Å²) in [7, 11) is 6.99. The van der Waals surface area contributed by atoms with Crippen LogP contribution in [0.4, 0.5) is 11.4 Å². The predicted octanol–water partition coefficient (Wildman–Crippen LogP) is 9.52. The van der Waals surface area contributed by atoms with Crippen LogP contribution in [0.15, 0.2) is 70.4 Å². The molecule has 0 N–H and O–H groups in total. The van der Waals surface area contributed by atoms with Crippen molar-refractivity contribution in [3.8, 4) is 11.5 Å². The van der Waals surface area contributed by atoms with Crippen LogP contribution in [0.3, 0.4) is 0 Å². The molecule has 0 aromatic heterocycles. The van der Waals surface area contributed by atoms with Gasteiger partial charge in [-0.3, -0.25) is 0 Å². The molecule has 0 saturated carbocycles. The predicted molar refractivity (Wildman–Crippen MR) is 194 cm³/mol. The Labute approximate surface area is 287 Å². The molecule has 7 heteroatoms. The van der Waals surface area contributed by atoms with Crippen molar-refractivity contribution in [2.24, 2.45) is 0 Å². The fourth-order valence-corrected chi connectivity index (χ4v) is 7.75. The Morgan fingerprint density at radius 2 is 1.55 bits per heavy atom. The number of anilines is 1. The second-order valence-electron chi connectivity index (χ2n) is 14.0. The highest BCUT2D eigenvalue weighted by Crippen LogP contribution is 2.52. The van der Waals surface area contributed by atoms with Crippen LogP contribution in [0.5, 0.6) is 11.5 Å². The van der Waals surface area contributed by atoms with Crippen molar-refractivity contribution < 1.29 is 23.5 Å². The van der Waals surface area contributed by atoms with E-state index in [1.807, 2.05) is 0 Å². The number of rotatable bonds is 10. The van der Waals surface area contributed by atoms with Crippen LogP contribution in [-0.2, 0) is 20.3 Å². The zero-order valence-corrected chi connectivity index (χ0v) is 30.8. The highest BCUT2D eigenvalue weighted by molar-refractivity contribution is 6.32. The van der Waals surface area contributed by atoms with Crippen molar-refractivity contribution in [1.82, 2.24) is 0 Å². The minimum Gasteiger partial charge on any atom is -0.497 e. The Balaban J connectivity index is 1.42. The smallest absolute Gasteiger partial charge is 0.265 e.